The SMILES string of the molecule is C1=CCN(CCn2cc(CNC3CC3)nn2)CC1. The van der Waals surface area contributed by atoms with Crippen LogP contribution >= 0.6 is 0 Å². The molecule has 5 heteroatoms. The van der Waals surface area contributed by atoms with E-state index in [-0.39, 0.29) is 0 Å². The van der Waals surface area contributed by atoms with E-state index in [0.717, 1.165) is 37.9 Å². The molecule has 0 spiro atoms. The van der Waals surface area contributed by atoms with Crippen molar-refractivity contribution >= 4 is 0 Å². The van der Waals surface area contributed by atoms with Crippen molar-refractivity contribution in [2.75, 3.05) is 19.6 Å². The molecule has 98 valence electrons. The largest absolute Gasteiger partial charge is 0.308 e. The molecule has 1 N–H and O–H groups in total. The summed E-state index contributed by atoms with van der Waals surface area (Å²) in [4.78, 5) is 2.45. The van der Waals surface area contributed by atoms with Crippen LogP contribution in [0.25, 0.3) is 0 Å². The molecule has 2 heterocycles. The maximum Gasteiger partial charge on any atom is 0.0964 e. The van der Waals surface area contributed by atoms with Crippen LogP contribution in [0.3, 0.4) is 0 Å². The summed E-state index contributed by atoms with van der Waals surface area (Å²) in [5.74, 6) is 0. The normalized spacial score (nSPS) is 20.4. The zero-order valence-electron chi connectivity index (χ0n) is 10.8. The molecule has 1 fully saturated rings. The van der Waals surface area contributed by atoms with E-state index in [1.54, 1.807) is 0 Å². The third-order valence-corrected chi connectivity index (χ3v) is 3.52. The number of aromatic nitrogens is 3. The van der Waals surface area contributed by atoms with Crippen molar-refractivity contribution < 1.29 is 0 Å². The minimum atomic E-state index is 0.732. The Morgan fingerprint density at radius 3 is 3.00 bits per heavy atom. The van der Waals surface area contributed by atoms with Gasteiger partial charge in [0, 0.05) is 38.4 Å². The molecule has 2 aliphatic rings. The van der Waals surface area contributed by atoms with Crippen LogP contribution in [0.15, 0.2) is 18.3 Å². The zero-order chi connectivity index (χ0) is 12.2. The van der Waals surface area contributed by atoms with Gasteiger partial charge in [-0.2, -0.15) is 0 Å². The first-order valence-corrected chi connectivity index (χ1v) is 6.90. The predicted octanol–water partition coefficient (Wildman–Crippen LogP) is 0.792. The van der Waals surface area contributed by atoms with Crippen molar-refractivity contribution in [3.05, 3.63) is 24.0 Å². The van der Waals surface area contributed by atoms with E-state index in [1.165, 1.54) is 25.8 Å². The number of hydrogen-bond acceptors (Lipinski definition) is 4. The molecule has 3 rings (SSSR count). The smallest absolute Gasteiger partial charge is 0.0964 e. The summed E-state index contributed by atoms with van der Waals surface area (Å²) in [6.07, 6.45) is 10.4. The molecule has 1 aliphatic heterocycles. The molecule has 0 unspecified atom stereocenters. The van der Waals surface area contributed by atoms with Crippen molar-refractivity contribution in [1.82, 2.24) is 25.2 Å². The Balaban J connectivity index is 1.42. The highest BCUT2D eigenvalue weighted by molar-refractivity contribution is 4.94. The first-order chi connectivity index (χ1) is 8.90. The number of nitrogens with one attached hydrogen (secondary N) is 1. The van der Waals surface area contributed by atoms with Gasteiger partial charge in [-0.05, 0) is 19.3 Å². The predicted molar refractivity (Wildman–Crippen MR) is 70.1 cm³/mol. The standard InChI is InChI=1S/C13H21N5/c1-2-6-17(7-3-1)8-9-18-11-13(15-16-18)10-14-12-4-5-12/h1-2,11-12,14H,3-10H2. The van der Waals surface area contributed by atoms with Gasteiger partial charge < -0.3 is 5.32 Å². The van der Waals surface area contributed by atoms with Crippen molar-refractivity contribution in [2.45, 2.75) is 38.4 Å². The lowest BCUT2D eigenvalue weighted by molar-refractivity contribution is 0.280. The van der Waals surface area contributed by atoms with Crippen molar-refractivity contribution in [2.24, 2.45) is 0 Å². The monoisotopic (exact) mass is 247 g/mol. The maximum atomic E-state index is 4.20. The number of hydrogen-bond donors (Lipinski definition) is 1. The quantitative estimate of drug-likeness (QED) is 0.755. The highest BCUT2D eigenvalue weighted by Crippen LogP contribution is 2.18. The minimum absolute atomic E-state index is 0.732. The first-order valence-electron chi connectivity index (χ1n) is 6.90. The van der Waals surface area contributed by atoms with Crippen LogP contribution in [-0.4, -0.2) is 45.6 Å². The molecule has 0 radical (unpaired) electrons. The molecule has 0 atom stereocenters. The summed E-state index contributed by atoms with van der Waals surface area (Å²) >= 11 is 0. The molecular weight excluding hydrogens is 226 g/mol. The van der Waals surface area contributed by atoms with Crippen LogP contribution in [-0.2, 0) is 13.1 Å². The Labute approximate surface area is 108 Å². The molecule has 5 nitrogen and oxygen atoms in total. The van der Waals surface area contributed by atoms with Crippen molar-refractivity contribution in [1.29, 1.82) is 0 Å². The van der Waals surface area contributed by atoms with Crippen LogP contribution in [0, 0.1) is 0 Å². The average Bonchev–Trinajstić information content (AvgIpc) is 3.14. The lowest BCUT2D eigenvalue weighted by atomic mass is 10.2. The second-order valence-electron chi connectivity index (χ2n) is 5.19. The van der Waals surface area contributed by atoms with Gasteiger partial charge in [0.2, 0.25) is 0 Å². The summed E-state index contributed by atoms with van der Waals surface area (Å²) in [7, 11) is 0. The topological polar surface area (TPSA) is 46.0 Å². The van der Waals surface area contributed by atoms with Gasteiger partial charge in [-0.1, -0.05) is 17.4 Å². The van der Waals surface area contributed by atoms with E-state index in [1.807, 2.05) is 4.68 Å². The molecule has 1 aromatic heterocycles. The number of rotatable bonds is 6. The lowest BCUT2D eigenvalue weighted by Crippen LogP contribution is -2.30. The first kappa shape index (κ1) is 11.9. The van der Waals surface area contributed by atoms with Gasteiger partial charge in [0.15, 0.2) is 0 Å². The van der Waals surface area contributed by atoms with Crippen LogP contribution in [0.2, 0.25) is 0 Å². The third-order valence-electron chi connectivity index (χ3n) is 3.52. The molecule has 0 aromatic carbocycles. The summed E-state index contributed by atoms with van der Waals surface area (Å²) in [5.41, 5.74) is 1.06. The molecular formula is C13H21N5. The second kappa shape index (κ2) is 5.63. The fourth-order valence-electron chi connectivity index (χ4n) is 2.20. The fourth-order valence-corrected chi connectivity index (χ4v) is 2.20. The van der Waals surface area contributed by atoms with E-state index in [0.29, 0.717) is 0 Å². The van der Waals surface area contributed by atoms with E-state index in [9.17, 15) is 0 Å². The van der Waals surface area contributed by atoms with Gasteiger partial charge in [0.25, 0.3) is 0 Å². The Bertz CT molecular complexity index is 407. The highest BCUT2D eigenvalue weighted by Gasteiger charge is 2.20. The van der Waals surface area contributed by atoms with E-state index in [4.69, 9.17) is 0 Å². The highest BCUT2D eigenvalue weighted by atomic mass is 15.4. The van der Waals surface area contributed by atoms with Crippen LogP contribution in [0.1, 0.15) is 25.0 Å². The molecule has 0 bridgehead atoms. The molecule has 18 heavy (non-hydrogen) atoms. The zero-order valence-corrected chi connectivity index (χ0v) is 10.8. The van der Waals surface area contributed by atoms with E-state index < -0.39 is 0 Å². The van der Waals surface area contributed by atoms with Gasteiger partial charge in [-0.25, -0.2) is 0 Å². The molecule has 0 saturated heterocycles. The Morgan fingerprint density at radius 1 is 1.28 bits per heavy atom. The summed E-state index contributed by atoms with van der Waals surface area (Å²) in [6, 6.07) is 0.732. The molecule has 1 aliphatic carbocycles. The summed E-state index contributed by atoms with van der Waals surface area (Å²) < 4.78 is 1.96. The maximum absolute atomic E-state index is 4.20. The Morgan fingerprint density at radius 2 is 2.22 bits per heavy atom. The van der Waals surface area contributed by atoms with Crippen LogP contribution < -0.4 is 5.32 Å². The van der Waals surface area contributed by atoms with Gasteiger partial charge in [-0.15, -0.1) is 5.10 Å². The van der Waals surface area contributed by atoms with Gasteiger partial charge in [0.05, 0.1) is 12.2 Å². The van der Waals surface area contributed by atoms with Gasteiger partial charge >= 0.3 is 0 Å². The second-order valence-corrected chi connectivity index (χ2v) is 5.19. The van der Waals surface area contributed by atoms with E-state index in [2.05, 4.69) is 38.9 Å². The lowest BCUT2D eigenvalue weighted by Gasteiger charge is -2.22. The summed E-state index contributed by atoms with van der Waals surface area (Å²) in [6.45, 7) is 5.09. The number of nitrogens with zero attached hydrogens (tertiary/aromatic N) is 4. The molecule has 0 amide bonds. The average molecular weight is 247 g/mol. The Kier molecular flexibility index (Phi) is 3.71. The van der Waals surface area contributed by atoms with Crippen molar-refractivity contribution in [3.8, 4) is 0 Å². The van der Waals surface area contributed by atoms with Crippen molar-refractivity contribution in [3.63, 3.8) is 0 Å². The van der Waals surface area contributed by atoms with Gasteiger partial charge in [0.1, 0.15) is 0 Å². The van der Waals surface area contributed by atoms with Crippen LogP contribution in [0.4, 0.5) is 0 Å². The fraction of sp³-hybridized carbons (Fsp3) is 0.692. The van der Waals surface area contributed by atoms with Crippen LogP contribution in [0.5, 0.6) is 0 Å². The molecule has 1 saturated carbocycles. The Hall–Kier alpha value is -1.20. The molecule has 1 aromatic rings. The van der Waals surface area contributed by atoms with E-state index >= 15 is 0 Å². The van der Waals surface area contributed by atoms with Gasteiger partial charge in [-0.3, -0.25) is 9.58 Å². The summed E-state index contributed by atoms with van der Waals surface area (Å²) in [5, 5.41) is 11.8. The minimum Gasteiger partial charge on any atom is -0.308 e. The third kappa shape index (κ3) is 3.40.